The molecule has 0 unspecified atom stereocenters. The summed E-state index contributed by atoms with van der Waals surface area (Å²) in [6, 6.07) is 3.83. The lowest BCUT2D eigenvalue weighted by molar-refractivity contribution is -0.113. The molecular formula is C17H19FN4O3S. The first-order valence-corrected chi connectivity index (χ1v) is 8.98. The minimum absolute atomic E-state index is 0.0501. The van der Waals surface area contributed by atoms with Crippen LogP contribution in [0.3, 0.4) is 0 Å². The van der Waals surface area contributed by atoms with Crippen molar-refractivity contribution in [3.63, 3.8) is 0 Å². The van der Waals surface area contributed by atoms with Crippen LogP contribution < -0.4 is 10.2 Å². The van der Waals surface area contributed by atoms with E-state index in [0.29, 0.717) is 15.6 Å². The molecule has 7 nitrogen and oxygen atoms in total. The second kappa shape index (κ2) is 7.88. The maximum atomic E-state index is 13.6. The molecule has 1 fully saturated rings. The van der Waals surface area contributed by atoms with Crippen LogP contribution in [-0.4, -0.2) is 54.3 Å². The average Bonchev–Trinajstić information content (AvgIpc) is 2.98. The first-order chi connectivity index (χ1) is 12.4. The van der Waals surface area contributed by atoms with Gasteiger partial charge in [0, 0.05) is 38.8 Å². The van der Waals surface area contributed by atoms with Crippen molar-refractivity contribution in [1.82, 2.24) is 15.3 Å². The van der Waals surface area contributed by atoms with Crippen molar-refractivity contribution in [2.75, 3.05) is 27.2 Å². The number of nitrogens with zero attached hydrogens (tertiary/aromatic N) is 3. The highest BCUT2D eigenvalue weighted by atomic mass is 32.2. The van der Waals surface area contributed by atoms with Gasteiger partial charge in [-0.25, -0.2) is 14.6 Å². The van der Waals surface area contributed by atoms with E-state index in [0.717, 1.165) is 32.0 Å². The summed E-state index contributed by atoms with van der Waals surface area (Å²) in [5, 5.41) is 2.46. The zero-order valence-electron chi connectivity index (χ0n) is 14.5. The molecule has 2 aliphatic heterocycles. The first-order valence-electron chi connectivity index (χ1n) is 8.16. The van der Waals surface area contributed by atoms with E-state index in [2.05, 4.69) is 10.4 Å². The highest BCUT2D eigenvalue weighted by Crippen LogP contribution is 2.32. The number of rotatable bonds is 2. The van der Waals surface area contributed by atoms with Crippen molar-refractivity contribution in [3.05, 3.63) is 34.5 Å². The van der Waals surface area contributed by atoms with E-state index in [9.17, 15) is 14.0 Å². The van der Waals surface area contributed by atoms with Crippen LogP contribution in [0.1, 0.15) is 18.4 Å². The van der Waals surface area contributed by atoms with E-state index in [4.69, 9.17) is 4.74 Å². The molecule has 1 saturated heterocycles. The number of carbonyl (C=O) groups excluding carboxylic acids is 2. The lowest BCUT2D eigenvalue weighted by atomic mass is 10.2. The second-order valence-electron chi connectivity index (χ2n) is 6.02. The van der Waals surface area contributed by atoms with Gasteiger partial charge in [-0.2, -0.15) is 4.99 Å². The van der Waals surface area contributed by atoms with Gasteiger partial charge in [0.1, 0.15) is 11.6 Å². The highest BCUT2D eigenvalue weighted by Gasteiger charge is 2.27. The van der Waals surface area contributed by atoms with E-state index >= 15 is 0 Å². The SMILES string of the molecule is CN(C)C(=O)Oc1cc(F)ccc1/C=C1\SC(N2CCCCN2)=NC1=O. The van der Waals surface area contributed by atoms with Crippen molar-refractivity contribution < 1.29 is 18.7 Å². The molecule has 138 valence electrons. The molecule has 0 spiro atoms. The quantitative estimate of drug-likeness (QED) is 0.797. The Labute approximate surface area is 154 Å². The van der Waals surface area contributed by atoms with Crippen molar-refractivity contribution in [3.8, 4) is 5.75 Å². The predicted molar refractivity (Wildman–Crippen MR) is 98.1 cm³/mol. The molecule has 0 saturated carbocycles. The van der Waals surface area contributed by atoms with E-state index in [1.165, 1.54) is 42.9 Å². The van der Waals surface area contributed by atoms with Crippen LogP contribution in [-0.2, 0) is 4.79 Å². The first kappa shape index (κ1) is 18.4. The topological polar surface area (TPSA) is 74.2 Å². The highest BCUT2D eigenvalue weighted by molar-refractivity contribution is 8.18. The van der Waals surface area contributed by atoms with Crippen molar-refractivity contribution in [2.45, 2.75) is 12.8 Å². The second-order valence-corrected chi connectivity index (χ2v) is 7.03. The molecule has 1 aromatic carbocycles. The Morgan fingerprint density at radius 1 is 1.42 bits per heavy atom. The van der Waals surface area contributed by atoms with Gasteiger partial charge in [-0.15, -0.1) is 0 Å². The van der Waals surface area contributed by atoms with Gasteiger partial charge in [0.15, 0.2) is 5.17 Å². The molecule has 0 atom stereocenters. The number of nitrogens with one attached hydrogen (secondary N) is 1. The van der Waals surface area contributed by atoms with Crippen LogP contribution in [0.15, 0.2) is 28.1 Å². The van der Waals surface area contributed by atoms with Crippen LogP contribution in [0.5, 0.6) is 5.75 Å². The molecule has 1 aromatic rings. The Hall–Kier alpha value is -2.39. The third-order valence-electron chi connectivity index (χ3n) is 3.78. The molecule has 26 heavy (non-hydrogen) atoms. The Balaban J connectivity index is 1.81. The van der Waals surface area contributed by atoms with Crippen LogP contribution in [0.4, 0.5) is 9.18 Å². The van der Waals surface area contributed by atoms with Crippen LogP contribution in [0.2, 0.25) is 0 Å². The lowest BCUT2D eigenvalue weighted by Crippen LogP contribution is -2.45. The zero-order valence-corrected chi connectivity index (χ0v) is 15.3. The fourth-order valence-corrected chi connectivity index (χ4v) is 3.32. The number of amides is 2. The maximum Gasteiger partial charge on any atom is 0.414 e. The number of amidine groups is 1. The maximum absolute atomic E-state index is 13.6. The lowest BCUT2D eigenvalue weighted by Gasteiger charge is -2.28. The fraction of sp³-hybridized carbons (Fsp3) is 0.353. The Kier molecular flexibility index (Phi) is 5.58. The fourth-order valence-electron chi connectivity index (χ4n) is 2.41. The molecule has 3 rings (SSSR count). The minimum Gasteiger partial charge on any atom is -0.409 e. The van der Waals surface area contributed by atoms with E-state index in [1.807, 2.05) is 5.01 Å². The van der Waals surface area contributed by atoms with E-state index in [1.54, 1.807) is 6.08 Å². The Morgan fingerprint density at radius 3 is 2.92 bits per heavy atom. The van der Waals surface area contributed by atoms with E-state index < -0.39 is 11.9 Å². The summed E-state index contributed by atoms with van der Waals surface area (Å²) in [7, 11) is 3.06. The molecule has 0 aromatic heterocycles. The number of hydrazine groups is 1. The summed E-state index contributed by atoms with van der Waals surface area (Å²) in [6.45, 7) is 1.63. The zero-order chi connectivity index (χ0) is 18.7. The average molecular weight is 378 g/mol. The number of ether oxygens (including phenoxy) is 1. The summed E-state index contributed by atoms with van der Waals surface area (Å²) in [4.78, 5) is 29.7. The van der Waals surface area contributed by atoms with Crippen molar-refractivity contribution in [1.29, 1.82) is 0 Å². The van der Waals surface area contributed by atoms with Gasteiger partial charge in [0.25, 0.3) is 5.91 Å². The van der Waals surface area contributed by atoms with Gasteiger partial charge in [-0.1, -0.05) is 0 Å². The van der Waals surface area contributed by atoms with Gasteiger partial charge in [0.2, 0.25) is 0 Å². The third-order valence-corrected chi connectivity index (χ3v) is 4.78. The molecule has 2 amide bonds. The van der Waals surface area contributed by atoms with Crippen molar-refractivity contribution in [2.24, 2.45) is 4.99 Å². The number of aliphatic imine (C=N–C) groups is 1. The summed E-state index contributed by atoms with van der Waals surface area (Å²) in [5.74, 6) is -0.853. The predicted octanol–water partition coefficient (Wildman–Crippen LogP) is 2.46. The number of benzene rings is 1. The van der Waals surface area contributed by atoms with Crippen LogP contribution >= 0.6 is 11.8 Å². The third kappa shape index (κ3) is 4.23. The number of carbonyl (C=O) groups is 2. The van der Waals surface area contributed by atoms with E-state index in [-0.39, 0.29) is 11.7 Å². The largest absolute Gasteiger partial charge is 0.414 e. The molecular weight excluding hydrogens is 359 g/mol. The summed E-state index contributed by atoms with van der Waals surface area (Å²) < 4.78 is 18.8. The standard InChI is InChI=1S/C17H19FN4O3S/c1-21(2)17(24)25-13-10-12(18)6-5-11(13)9-14-15(23)20-16(26-14)22-8-4-3-7-19-22/h5-6,9-10,19H,3-4,7-8H2,1-2H3/b14-9-. The summed E-state index contributed by atoms with van der Waals surface area (Å²) in [6.07, 6.45) is 3.05. The molecule has 0 radical (unpaired) electrons. The Morgan fingerprint density at radius 2 is 2.23 bits per heavy atom. The number of hydrogen-bond donors (Lipinski definition) is 1. The summed E-state index contributed by atoms with van der Waals surface area (Å²) in [5.41, 5.74) is 3.63. The van der Waals surface area contributed by atoms with Gasteiger partial charge in [0.05, 0.1) is 4.91 Å². The van der Waals surface area contributed by atoms with Gasteiger partial charge < -0.3 is 9.64 Å². The van der Waals surface area contributed by atoms with Gasteiger partial charge in [-0.3, -0.25) is 9.80 Å². The minimum atomic E-state index is -0.630. The molecule has 0 aliphatic carbocycles. The molecule has 2 heterocycles. The van der Waals surface area contributed by atoms with Gasteiger partial charge in [-0.05, 0) is 42.8 Å². The van der Waals surface area contributed by atoms with Crippen LogP contribution in [0, 0.1) is 5.82 Å². The van der Waals surface area contributed by atoms with Crippen molar-refractivity contribution >= 4 is 35.0 Å². The normalized spacial score (nSPS) is 18.9. The molecule has 2 aliphatic rings. The number of halogens is 1. The van der Waals surface area contributed by atoms with Crippen LogP contribution in [0.25, 0.3) is 6.08 Å². The molecule has 9 heteroatoms. The Bertz CT molecular complexity index is 788. The molecule has 0 bridgehead atoms. The van der Waals surface area contributed by atoms with Gasteiger partial charge >= 0.3 is 6.09 Å². The number of hydrogen-bond acceptors (Lipinski definition) is 6. The summed E-state index contributed by atoms with van der Waals surface area (Å²) >= 11 is 1.24. The molecule has 1 N–H and O–H groups in total. The number of thioether (sulfide) groups is 1. The smallest absolute Gasteiger partial charge is 0.409 e. The monoisotopic (exact) mass is 378 g/mol.